The second kappa shape index (κ2) is 11.5. The second-order valence-corrected chi connectivity index (χ2v) is 8.80. The number of pyridine rings is 1. The van der Waals surface area contributed by atoms with Crippen molar-refractivity contribution < 1.29 is 0 Å². The van der Waals surface area contributed by atoms with Crippen LogP contribution >= 0.6 is 11.6 Å². The van der Waals surface area contributed by atoms with Crippen LogP contribution in [-0.2, 0) is 13.0 Å². The second-order valence-electron chi connectivity index (χ2n) is 8.36. The van der Waals surface area contributed by atoms with Gasteiger partial charge in [-0.3, -0.25) is 4.98 Å². The van der Waals surface area contributed by atoms with Crippen LogP contribution in [0.4, 0.5) is 5.69 Å². The van der Waals surface area contributed by atoms with Crippen LogP contribution in [0.15, 0.2) is 102 Å². The summed E-state index contributed by atoms with van der Waals surface area (Å²) in [5.41, 5.74) is 5.92. The molecule has 170 valence electrons. The molecule has 0 fully saturated rings. The zero-order chi connectivity index (χ0) is 23.8. The monoisotopic (exact) mass is 458 g/mol. The van der Waals surface area contributed by atoms with Crippen LogP contribution in [0.2, 0.25) is 5.02 Å². The lowest BCUT2D eigenvalue weighted by Gasteiger charge is -2.24. The van der Waals surface area contributed by atoms with Crippen molar-refractivity contribution in [3.63, 3.8) is 0 Å². The first-order valence-electron chi connectivity index (χ1n) is 11.0. The van der Waals surface area contributed by atoms with E-state index in [1.54, 1.807) is 0 Å². The topological polar surface area (TPSA) is 40.5 Å². The number of aliphatic imine (C=N–C) groups is 1. The number of aromatic nitrogens is 1. The number of nitrogens with zero attached hydrogens (tertiary/aromatic N) is 3. The summed E-state index contributed by atoms with van der Waals surface area (Å²) in [4.78, 5) is 11.3. The predicted molar refractivity (Wildman–Crippen MR) is 141 cm³/mol. The van der Waals surface area contributed by atoms with Crippen molar-refractivity contribution >= 4 is 23.2 Å². The Morgan fingerprint density at radius 3 is 2.27 bits per heavy atom. The number of hydrogen-bond donors (Lipinski definition) is 1. The highest BCUT2D eigenvalue weighted by Crippen LogP contribution is 2.19. The standard InChI is InChI=1S/C28H31ClN4/c1-20(2)21(3)22(4)31-28(33(5)19-24-9-13-25(29)14-10-24)32-26-15-11-23(12-16-26)18-27-8-6-7-17-30-27/h6-17,20H,3-4,18-19H2,1-2,5H3,(H,31,32). The number of halogens is 1. The van der Waals surface area contributed by atoms with Gasteiger partial charge in [0.05, 0.1) is 5.70 Å². The molecule has 1 heterocycles. The van der Waals surface area contributed by atoms with Crippen molar-refractivity contribution in [2.24, 2.45) is 10.9 Å². The van der Waals surface area contributed by atoms with Gasteiger partial charge in [-0.25, -0.2) is 4.99 Å². The molecule has 1 aromatic heterocycles. The van der Waals surface area contributed by atoms with Crippen molar-refractivity contribution in [3.8, 4) is 0 Å². The molecule has 33 heavy (non-hydrogen) atoms. The Morgan fingerprint density at radius 1 is 1.00 bits per heavy atom. The third-order valence-electron chi connectivity index (χ3n) is 5.32. The molecule has 0 saturated heterocycles. The van der Waals surface area contributed by atoms with E-state index in [0.29, 0.717) is 18.2 Å². The maximum absolute atomic E-state index is 6.04. The first-order valence-corrected chi connectivity index (χ1v) is 11.4. The molecule has 0 unspecified atom stereocenters. The number of hydrogen-bond acceptors (Lipinski definition) is 2. The predicted octanol–water partition coefficient (Wildman–Crippen LogP) is 6.95. The van der Waals surface area contributed by atoms with Crippen molar-refractivity contribution in [3.05, 3.63) is 119 Å². The van der Waals surface area contributed by atoms with Crippen LogP contribution in [0, 0.1) is 5.92 Å². The molecular weight excluding hydrogens is 428 g/mol. The fourth-order valence-corrected chi connectivity index (χ4v) is 3.35. The van der Waals surface area contributed by atoms with E-state index in [4.69, 9.17) is 16.6 Å². The van der Waals surface area contributed by atoms with Crippen molar-refractivity contribution in [1.29, 1.82) is 0 Å². The van der Waals surface area contributed by atoms with Gasteiger partial charge in [-0.1, -0.05) is 68.9 Å². The van der Waals surface area contributed by atoms with Gasteiger partial charge >= 0.3 is 0 Å². The van der Waals surface area contributed by atoms with Crippen LogP contribution in [0.5, 0.6) is 0 Å². The molecule has 0 atom stereocenters. The largest absolute Gasteiger partial charge is 0.341 e. The van der Waals surface area contributed by atoms with E-state index in [1.807, 2.05) is 55.7 Å². The molecule has 0 radical (unpaired) electrons. The molecule has 0 aliphatic heterocycles. The van der Waals surface area contributed by atoms with Gasteiger partial charge in [-0.2, -0.15) is 0 Å². The van der Waals surface area contributed by atoms with E-state index in [0.717, 1.165) is 34.0 Å². The number of anilines is 1. The van der Waals surface area contributed by atoms with E-state index >= 15 is 0 Å². The first kappa shape index (κ1) is 24.3. The summed E-state index contributed by atoms with van der Waals surface area (Å²) in [6, 6.07) is 22.1. The Hall–Kier alpha value is -3.37. The Kier molecular flexibility index (Phi) is 8.45. The van der Waals surface area contributed by atoms with Gasteiger partial charge in [0.15, 0.2) is 0 Å². The smallest absolute Gasteiger partial charge is 0.203 e. The molecule has 0 bridgehead atoms. The molecule has 1 N–H and O–H groups in total. The minimum Gasteiger partial charge on any atom is -0.341 e. The van der Waals surface area contributed by atoms with E-state index in [-0.39, 0.29) is 5.92 Å². The highest BCUT2D eigenvalue weighted by molar-refractivity contribution is 6.30. The lowest BCUT2D eigenvalue weighted by atomic mass is 10.0. The molecule has 0 spiro atoms. The van der Waals surface area contributed by atoms with Crippen LogP contribution in [0.1, 0.15) is 30.7 Å². The lowest BCUT2D eigenvalue weighted by molar-refractivity contribution is 0.498. The third kappa shape index (κ3) is 7.33. The Morgan fingerprint density at radius 2 is 1.67 bits per heavy atom. The molecule has 0 aliphatic rings. The van der Waals surface area contributed by atoms with Gasteiger partial charge in [0.2, 0.25) is 5.96 Å². The maximum Gasteiger partial charge on any atom is 0.203 e. The van der Waals surface area contributed by atoms with E-state index in [2.05, 4.69) is 66.5 Å². The molecule has 4 nitrogen and oxygen atoms in total. The van der Waals surface area contributed by atoms with Crippen LogP contribution in [0.25, 0.3) is 0 Å². The Labute approximate surface area is 202 Å². The SMILES string of the molecule is C=C(N=C(Nc1ccc(Cc2ccccn2)cc1)N(C)Cc1ccc(Cl)cc1)C(=C)C(C)C. The minimum atomic E-state index is 0.273. The minimum absolute atomic E-state index is 0.273. The van der Waals surface area contributed by atoms with Crippen molar-refractivity contribution in [1.82, 2.24) is 9.88 Å². The van der Waals surface area contributed by atoms with Gasteiger partial charge in [0, 0.05) is 42.6 Å². The van der Waals surface area contributed by atoms with Gasteiger partial charge in [0.1, 0.15) is 0 Å². The maximum atomic E-state index is 6.04. The summed E-state index contributed by atoms with van der Waals surface area (Å²) in [5.74, 6) is 0.976. The summed E-state index contributed by atoms with van der Waals surface area (Å²) in [5, 5.41) is 4.18. The average Bonchev–Trinajstić information content (AvgIpc) is 2.81. The summed E-state index contributed by atoms with van der Waals surface area (Å²) in [7, 11) is 2.00. The van der Waals surface area contributed by atoms with E-state index < -0.39 is 0 Å². The van der Waals surface area contributed by atoms with Crippen LogP contribution in [0.3, 0.4) is 0 Å². The van der Waals surface area contributed by atoms with Crippen molar-refractivity contribution in [2.45, 2.75) is 26.8 Å². The average molecular weight is 459 g/mol. The molecule has 0 amide bonds. The molecular formula is C28H31ClN4. The third-order valence-corrected chi connectivity index (χ3v) is 5.58. The fourth-order valence-electron chi connectivity index (χ4n) is 3.23. The number of benzene rings is 2. The first-order chi connectivity index (χ1) is 15.8. The lowest BCUT2D eigenvalue weighted by Crippen LogP contribution is -2.33. The van der Waals surface area contributed by atoms with Crippen molar-refractivity contribution in [2.75, 3.05) is 12.4 Å². The normalized spacial score (nSPS) is 11.4. The summed E-state index contributed by atoms with van der Waals surface area (Å²) >= 11 is 6.04. The number of nitrogens with one attached hydrogen (secondary N) is 1. The van der Waals surface area contributed by atoms with Crippen LogP contribution in [-0.4, -0.2) is 22.9 Å². The number of allylic oxidation sites excluding steroid dienone is 1. The molecule has 5 heteroatoms. The quantitative estimate of drug-likeness (QED) is 0.225. The van der Waals surface area contributed by atoms with E-state index in [9.17, 15) is 0 Å². The molecule has 2 aromatic carbocycles. The number of guanidine groups is 1. The summed E-state index contributed by atoms with van der Waals surface area (Å²) in [6.07, 6.45) is 2.62. The molecule has 0 aliphatic carbocycles. The van der Waals surface area contributed by atoms with Gasteiger partial charge in [0.25, 0.3) is 0 Å². The van der Waals surface area contributed by atoms with E-state index in [1.165, 1.54) is 5.56 Å². The summed E-state index contributed by atoms with van der Waals surface area (Å²) < 4.78 is 0. The molecule has 3 aromatic rings. The zero-order valence-corrected chi connectivity index (χ0v) is 20.3. The van der Waals surface area contributed by atoms with Gasteiger partial charge in [-0.05, 0) is 59.0 Å². The summed E-state index contributed by atoms with van der Waals surface area (Å²) in [6.45, 7) is 13.1. The van der Waals surface area contributed by atoms with Crippen LogP contribution < -0.4 is 5.32 Å². The fraction of sp³-hybridized carbons (Fsp3) is 0.214. The highest BCUT2D eigenvalue weighted by atomic mass is 35.5. The highest BCUT2D eigenvalue weighted by Gasteiger charge is 2.12. The Balaban J connectivity index is 1.78. The Bertz CT molecular complexity index is 1100. The molecule has 0 saturated carbocycles. The van der Waals surface area contributed by atoms with Gasteiger partial charge in [-0.15, -0.1) is 0 Å². The zero-order valence-electron chi connectivity index (χ0n) is 19.6. The van der Waals surface area contributed by atoms with Gasteiger partial charge < -0.3 is 10.2 Å². The number of rotatable bonds is 8. The molecule has 3 rings (SSSR count).